The van der Waals surface area contributed by atoms with Crippen LogP contribution in [0.5, 0.6) is 0 Å². The summed E-state index contributed by atoms with van der Waals surface area (Å²) in [5, 5.41) is 0. The second kappa shape index (κ2) is 8.05. The summed E-state index contributed by atoms with van der Waals surface area (Å²) in [7, 11) is 0. The number of nitrogens with zero attached hydrogens (tertiary/aromatic N) is 3. The van der Waals surface area contributed by atoms with Crippen LogP contribution in [0, 0.1) is 5.92 Å². The lowest BCUT2D eigenvalue weighted by Gasteiger charge is -2.27. The van der Waals surface area contributed by atoms with Gasteiger partial charge in [-0.1, -0.05) is 19.3 Å². The van der Waals surface area contributed by atoms with Gasteiger partial charge in [0.2, 0.25) is 11.8 Å². The van der Waals surface area contributed by atoms with Crippen molar-refractivity contribution in [1.82, 2.24) is 19.8 Å². The Bertz CT molecular complexity index is 812. The van der Waals surface area contributed by atoms with Crippen molar-refractivity contribution >= 4 is 11.8 Å². The molecule has 4 rings (SSSR count). The van der Waals surface area contributed by atoms with Gasteiger partial charge in [0.25, 0.3) is 5.56 Å². The summed E-state index contributed by atoms with van der Waals surface area (Å²) >= 11 is 0. The van der Waals surface area contributed by atoms with Gasteiger partial charge in [-0.15, -0.1) is 0 Å². The minimum absolute atomic E-state index is 0.00892. The molecule has 7 nitrogen and oxygen atoms in total. The molecule has 1 aromatic rings. The van der Waals surface area contributed by atoms with Gasteiger partial charge in [0, 0.05) is 44.5 Å². The molecule has 0 bridgehead atoms. The fourth-order valence-electron chi connectivity index (χ4n) is 4.90. The second-order valence-electron chi connectivity index (χ2n) is 8.60. The van der Waals surface area contributed by atoms with Crippen LogP contribution in [0.1, 0.15) is 74.9 Å². The van der Waals surface area contributed by atoms with Crippen molar-refractivity contribution in [2.75, 3.05) is 19.6 Å². The average Bonchev–Trinajstić information content (AvgIpc) is 3.18. The van der Waals surface area contributed by atoms with Gasteiger partial charge in [0.1, 0.15) is 5.82 Å². The lowest BCUT2D eigenvalue weighted by molar-refractivity contribution is -0.131. The first-order chi connectivity index (χ1) is 13.5. The minimum atomic E-state index is -0.0878. The number of rotatable bonds is 3. The smallest absolute Gasteiger partial charge is 0.254 e. The van der Waals surface area contributed by atoms with E-state index in [1.165, 1.54) is 32.1 Å². The Balaban J connectivity index is 1.43. The quantitative estimate of drug-likeness (QED) is 0.860. The third-order valence-electron chi connectivity index (χ3n) is 6.65. The lowest BCUT2D eigenvalue weighted by Crippen LogP contribution is -2.38. The predicted octanol–water partition coefficient (Wildman–Crippen LogP) is 1.96. The average molecular weight is 386 g/mol. The largest absolute Gasteiger partial charge is 0.342 e. The van der Waals surface area contributed by atoms with E-state index in [2.05, 4.69) is 4.98 Å². The molecule has 3 aliphatic rings. The summed E-state index contributed by atoms with van der Waals surface area (Å²) in [5.74, 6) is 1.54. The third-order valence-corrected chi connectivity index (χ3v) is 6.65. The molecule has 0 unspecified atom stereocenters. The van der Waals surface area contributed by atoms with Crippen molar-refractivity contribution in [3.63, 3.8) is 0 Å². The first kappa shape index (κ1) is 19.2. The van der Waals surface area contributed by atoms with E-state index in [4.69, 9.17) is 4.98 Å². The monoisotopic (exact) mass is 386 g/mol. The first-order valence-electron chi connectivity index (χ1n) is 10.7. The molecule has 3 heterocycles. The van der Waals surface area contributed by atoms with Crippen molar-refractivity contribution in [1.29, 1.82) is 0 Å². The molecule has 2 amide bonds. The Labute approximate surface area is 165 Å². The zero-order valence-electron chi connectivity index (χ0n) is 16.7. The Morgan fingerprint density at radius 3 is 2.64 bits per heavy atom. The van der Waals surface area contributed by atoms with Crippen LogP contribution >= 0.6 is 0 Å². The van der Waals surface area contributed by atoms with Crippen molar-refractivity contribution in [2.24, 2.45) is 5.92 Å². The molecule has 1 N–H and O–H groups in total. The molecule has 0 aromatic carbocycles. The maximum atomic E-state index is 12.7. The van der Waals surface area contributed by atoms with Crippen LogP contribution in [0.25, 0.3) is 0 Å². The number of hydrogen-bond acceptors (Lipinski definition) is 4. The van der Waals surface area contributed by atoms with Crippen molar-refractivity contribution in [2.45, 2.75) is 70.8 Å². The number of nitrogens with one attached hydrogen (secondary N) is 1. The Kier molecular flexibility index (Phi) is 5.51. The summed E-state index contributed by atoms with van der Waals surface area (Å²) in [6.07, 6.45) is 8.19. The predicted molar refractivity (Wildman–Crippen MR) is 105 cm³/mol. The molecule has 0 radical (unpaired) electrons. The number of likely N-dealkylation sites (tertiary alicyclic amines) is 1. The zero-order valence-corrected chi connectivity index (χ0v) is 16.7. The standard InChI is InChI=1S/C21H30N4O3/c1-14(26)24-10-8-17-18(13-24)22-20(23-21(17)28)16-7-9-25(12-16)19(27)11-15-5-3-2-4-6-15/h15-16H,2-13H2,1H3,(H,22,23,28)/t16-/m1/s1. The van der Waals surface area contributed by atoms with E-state index < -0.39 is 0 Å². The molecule has 28 heavy (non-hydrogen) atoms. The number of hydrogen-bond donors (Lipinski definition) is 1. The second-order valence-corrected chi connectivity index (χ2v) is 8.60. The highest BCUT2D eigenvalue weighted by Crippen LogP contribution is 2.30. The molecule has 2 aliphatic heterocycles. The van der Waals surface area contributed by atoms with Gasteiger partial charge in [-0.3, -0.25) is 14.4 Å². The maximum absolute atomic E-state index is 12.7. The number of H-pyrrole nitrogens is 1. The molecule has 0 spiro atoms. The van der Waals surface area contributed by atoms with Gasteiger partial charge in [0.05, 0.1) is 12.2 Å². The SMILES string of the molecule is CC(=O)N1CCc2c(nc([C@@H]3CCN(C(=O)CC4CCCCC4)C3)[nH]c2=O)C1. The summed E-state index contributed by atoms with van der Waals surface area (Å²) in [5.41, 5.74) is 1.33. The highest BCUT2D eigenvalue weighted by atomic mass is 16.2. The van der Waals surface area contributed by atoms with Gasteiger partial charge in [-0.2, -0.15) is 0 Å². The molecule has 2 fully saturated rings. The van der Waals surface area contributed by atoms with Gasteiger partial charge in [-0.25, -0.2) is 4.98 Å². The Hall–Kier alpha value is -2.18. The van der Waals surface area contributed by atoms with Crippen LogP contribution in [0.3, 0.4) is 0 Å². The van der Waals surface area contributed by atoms with Gasteiger partial charge >= 0.3 is 0 Å². The van der Waals surface area contributed by atoms with E-state index in [0.717, 1.165) is 13.0 Å². The highest BCUT2D eigenvalue weighted by Gasteiger charge is 2.31. The van der Waals surface area contributed by atoms with E-state index in [9.17, 15) is 14.4 Å². The van der Waals surface area contributed by atoms with Crippen LogP contribution in [-0.4, -0.2) is 51.2 Å². The van der Waals surface area contributed by atoms with Crippen LogP contribution in [-0.2, 0) is 22.6 Å². The van der Waals surface area contributed by atoms with Crippen LogP contribution in [0.4, 0.5) is 0 Å². The molecule has 7 heteroatoms. The fourth-order valence-corrected chi connectivity index (χ4v) is 4.90. The molecule has 1 aliphatic carbocycles. The summed E-state index contributed by atoms with van der Waals surface area (Å²) in [4.78, 5) is 48.2. The molecular formula is C21H30N4O3. The highest BCUT2D eigenvalue weighted by molar-refractivity contribution is 5.77. The summed E-state index contributed by atoms with van der Waals surface area (Å²) in [6.45, 7) is 3.88. The zero-order chi connectivity index (χ0) is 19.7. The van der Waals surface area contributed by atoms with Crippen LogP contribution in [0.2, 0.25) is 0 Å². The molecule has 1 saturated carbocycles. The first-order valence-corrected chi connectivity index (χ1v) is 10.7. The van der Waals surface area contributed by atoms with E-state index in [1.807, 2.05) is 4.90 Å². The van der Waals surface area contributed by atoms with E-state index >= 15 is 0 Å². The van der Waals surface area contributed by atoms with Crippen molar-refractivity contribution < 1.29 is 9.59 Å². The van der Waals surface area contributed by atoms with Gasteiger partial charge < -0.3 is 14.8 Å². The number of carbonyl (C=O) groups excluding carboxylic acids is 2. The Morgan fingerprint density at radius 1 is 1.11 bits per heavy atom. The van der Waals surface area contributed by atoms with Crippen LogP contribution in [0.15, 0.2) is 4.79 Å². The summed E-state index contributed by atoms with van der Waals surface area (Å²) < 4.78 is 0. The molecule has 1 aromatic heterocycles. The molecule has 152 valence electrons. The number of aromatic amines is 1. The van der Waals surface area contributed by atoms with Gasteiger partial charge in [0.15, 0.2) is 0 Å². The number of amides is 2. The van der Waals surface area contributed by atoms with Crippen molar-refractivity contribution in [3.8, 4) is 0 Å². The van der Waals surface area contributed by atoms with Crippen molar-refractivity contribution in [3.05, 3.63) is 27.4 Å². The van der Waals surface area contributed by atoms with E-state index in [1.54, 1.807) is 11.8 Å². The maximum Gasteiger partial charge on any atom is 0.254 e. The topological polar surface area (TPSA) is 86.4 Å². The number of aromatic nitrogens is 2. The summed E-state index contributed by atoms with van der Waals surface area (Å²) in [6, 6.07) is 0. The molecule has 1 saturated heterocycles. The molecular weight excluding hydrogens is 356 g/mol. The minimum Gasteiger partial charge on any atom is -0.342 e. The number of carbonyl (C=O) groups is 2. The van der Waals surface area contributed by atoms with E-state index in [0.29, 0.717) is 55.5 Å². The Morgan fingerprint density at radius 2 is 1.89 bits per heavy atom. The lowest BCUT2D eigenvalue weighted by atomic mass is 9.87. The van der Waals surface area contributed by atoms with Crippen LogP contribution < -0.4 is 5.56 Å². The number of fused-ring (bicyclic) bond motifs is 1. The molecule has 1 atom stereocenters. The third kappa shape index (κ3) is 3.98. The normalized spacial score (nSPS) is 23.0. The van der Waals surface area contributed by atoms with Gasteiger partial charge in [-0.05, 0) is 31.6 Å². The fraction of sp³-hybridized carbons (Fsp3) is 0.714. The van der Waals surface area contributed by atoms with E-state index in [-0.39, 0.29) is 23.3 Å².